The first-order valence-electron chi connectivity index (χ1n) is 6.90. The standard InChI is InChI=1S/C15H19NO4/c1-3-12-15(18)16(10-9-14(17)19-4-2)11-7-5-6-8-13(11)20-12/h5-8,12H,3-4,9-10H2,1-2H3/t12-/m0/s1. The van der Waals surface area contributed by atoms with E-state index >= 15 is 0 Å². The molecule has 5 nitrogen and oxygen atoms in total. The van der Waals surface area contributed by atoms with Crippen LogP contribution in [0.5, 0.6) is 5.75 Å². The van der Waals surface area contributed by atoms with Gasteiger partial charge >= 0.3 is 5.97 Å². The summed E-state index contributed by atoms with van der Waals surface area (Å²) in [7, 11) is 0. The van der Waals surface area contributed by atoms with Gasteiger partial charge in [-0.1, -0.05) is 19.1 Å². The summed E-state index contributed by atoms with van der Waals surface area (Å²) in [5, 5.41) is 0. The molecule has 20 heavy (non-hydrogen) atoms. The molecule has 1 amide bonds. The number of hydrogen-bond acceptors (Lipinski definition) is 4. The predicted molar refractivity (Wildman–Crippen MR) is 74.8 cm³/mol. The Labute approximate surface area is 118 Å². The number of carbonyl (C=O) groups excluding carboxylic acids is 2. The van der Waals surface area contributed by atoms with Crippen molar-refractivity contribution in [1.29, 1.82) is 0 Å². The number of carbonyl (C=O) groups is 2. The maximum Gasteiger partial charge on any atom is 0.307 e. The highest BCUT2D eigenvalue weighted by molar-refractivity contribution is 6.00. The van der Waals surface area contributed by atoms with E-state index in [1.54, 1.807) is 11.8 Å². The summed E-state index contributed by atoms with van der Waals surface area (Å²) in [6.45, 7) is 4.33. The topological polar surface area (TPSA) is 55.8 Å². The second kappa shape index (κ2) is 6.41. The van der Waals surface area contributed by atoms with Crippen LogP contribution < -0.4 is 9.64 Å². The van der Waals surface area contributed by atoms with Crippen LogP contribution in [0.3, 0.4) is 0 Å². The first-order valence-corrected chi connectivity index (χ1v) is 6.90. The lowest BCUT2D eigenvalue weighted by molar-refractivity contribution is -0.142. The summed E-state index contributed by atoms with van der Waals surface area (Å²) < 4.78 is 10.6. The van der Waals surface area contributed by atoms with E-state index in [1.165, 1.54) is 0 Å². The number of para-hydroxylation sites is 2. The molecule has 0 unspecified atom stereocenters. The molecule has 1 aliphatic rings. The van der Waals surface area contributed by atoms with Gasteiger partial charge in [-0.25, -0.2) is 0 Å². The number of rotatable bonds is 5. The normalized spacial score (nSPS) is 17.4. The van der Waals surface area contributed by atoms with E-state index in [2.05, 4.69) is 0 Å². The maximum atomic E-state index is 12.3. The van der Waals surface area contributed by atoms with Gasteiger partial charge in [-0.3, -0.25) is 9.59 Å². The zero-order valence-electron chi connectivity index (χ0n) is 11.8. The van der Waals surface area contributed by atoms with Crippen molar-refractivity contribution in [2.45, 2.75) is 32.8 Å². The van der Waals surface area contributed by atoms with Crippen molar-refractivity contribution in [3.63, 3.8) is 0 Å². The molecule has 1 atom stereocenters. The van der Waals surface area contributed by atoms with Crippen LogP contribution >= 0.6 is 0 Å². The number of fused-ring (bicyclic) bond motifs is 1. The summed E-state index contributed by atoms with van der Waals surface area (Å²) >= 11 is 0. The maximum absolute atomic E-state index is 12.3. The van der Waals surface area contributed by atoms with Gasteiger partial charge in [0, 0.05) is 6.54 Å². The van der Waals surface area contributed by atoms with Crippen LogP contribution in [0.4, 0.5) is 5.69 Å². The van der Waals surface area contributed by atoms with Crippen molar-refractivity contribution in [2.75, 3.05) is 18.1 Å². The van der Waals surface area contributed by atoms with Crippen LogP contribution in [0.15, 0.2) is 24.3 Å². The van der Waals surface area contributed by atoms with Gasteiger partial charge in [-0.2, -0.15) is 0 Å². The molecule has 1 aliphatic heterocycles. The number of nitrogens with zero attached hydrogens (tertiary/aromatic N) is 1. The Morgan fingerprint density at radius 1 is 1.35 bits per heavy atom. The number of ether oxygens (including phenoxy) is 2. The number of anilines is 1. The monoisotopic (exact) mass is 277 g/mol. The molecule has 0 bridgehead atoms. The minimum absolute atomic E-state index is 0.101. The van der Waals surface area contributed by atoms with E-state index in [-0.39, 0.29) is 18.3 Å². The third-order valence-electron chi connectivity index (χ3n) is 3.18. The fraction of sp³-hybridized carbons (Fsp3) is 0.467. The number of esters is 1. The third kappa shape index (κ3) is 2.92. The molecular formula is C15H19NO4. The highest BCUT2D eigenvalue weighted by Gasteiger charge is 2.33. The van der Waals surface area contributed by atoms with Gasteiger partial charge in [0.2, 0.25) is 0 Å². The molecule has 0 aliphatic carbocycles. The highest BCUT2D eigenvalue weighted by Crippen LogP contribution is 2.34. The fourth-order valence-corrected chi connectivity index (χ4v) is 2.20. The largest absolute Gasteiger partial charge is 0.478 e. The summed E-state index contributed by atoms with van der Waals surface area (Å²) in [5.74, 6) is 0.288. The van der Waals surface area contributed by atoms with Gasteiger partial charge < -0.3 is 14.4 Å². The minimum atomic E-state index is -0.480. The lowest BCUT2D eigenvalue weighted by atomic mass is 10.1. The van der Waals surface area contributed by atoms with E-state index in [4.69, 9.17) is 9.47 Å². The molecule has 2 rings (SSSR count). The first-order chi connectivity index (χ1) is 9.67. The molecule has 0 saturated carbocycles. The Morgan fingerprint density at radius 2 is 2.10 bits per heavy atom. The summed E-state index contributed by atoms with van der Waals surface area (Å²) in [4.78, 5) is 25.4. The van der Waals surface area contributed by atoms with Crippen LogP contribution in [0, 0.1) is 0 Å². The van der Waals surface area contributed by atoms with Gasteiger partial charge in [-0.15, -0.1) is 0 Å². The predicted octanol–water partition coefficient (Wildman–Crippen LogP) is 2.14. The Hall–Kier alpha value is -2.04. The second-order valence-electron chi connectivity index (χ2n) is 4.53. The molecule has 1 aromatic rings. The third-order valence-corrected chi connectivity index (χ3v) is 3.18. The van der Waals surface area contributed by atoms with Crippen molar-refractivity contribution in [2.24, 2.45) is 0 Å². The Morgan fingerprint density at radius 3 is 2.80 bits per heavy atom. The summed E-state index contributed by atoms with van der Waals surface area (Å²) in [5.41, 5.74) is 0.714. The van der Waals surface area contributed by atoms with Crippen LogP contribution in [0.25, 0.3) is 0 Å². The Balaban J connectivity index is 2.16. The highest BCUT2D eigenvalue weighted by atomic mass is 16.5. The van der Waals surface area contributed by atoms with Crippen molar-refractivity contribution in [3.8, 4) is 5.75 Å². The average molecular weight is 277 g/mol. The van der Waals surface area contributed by atoms with E-state index in [0.29, 0.717) is 31.0 Å². The van der Waals surface area contributed by atoms with Crippen LogP contribution in [0.1, 0.15) is 26.7 Å². The van der Waals surface area contributed by atoms with E-state index in [9.17, 15) is 9.59 Å². The zero-order chi connectivity index (χ0) is 14.5. The van der Waals surface area contributed by atoms with Gasteiger partial charge in [0.05, 0.1) is 18.7 Å². The van der Waals surface area contributed by atoms with E-state index in [0.717, 1.165) is 0 Å². The number of benzene rings is 1. The summed E-state index contributed by atoms with van der Waals surface area (Å²) in [6.07, 6.45) is 0.306. The van der Waals surface area contributed by atoms with Gasteiger partial charge in [0.1, 0.15) is 5.75 Å². The number of amides is 1. The van der Waals surface area contributed by atoms with E-state index < -0.39 is 6.10 Å². The lowest BCUT2D eigenvalue weighted by Crippen LogP contribution is -2.46. The molecular weight excluding hydrogens is 258 g/mol. The second-order valence-corrected chi connectivity index (χ2v) is 4.53. The fourth-order valence-electron chi connectivity index (χ4n) is 2.20. The molecule has 0 saturated heterocycles. The van der Waals surface area contributed by atoms with Gasteiger partial charge in [0.25, 0.3) is 5.91 Å². The summed E-state index contributed by atoms with van der Waals surface area (Å²) in [6, 6.07) is 7.37. The molecule has 1 heterocycles. The quantitative estimate of drug-likeness (QED) is 0.774. The molecule has 0 fully saturated rings. The van der Waals surface area contributed by atoms with E-state index in [1.807, 2.05) is 31.2 Å². The van der Waals surface area contributed by atoms with Crippen molar-refractivity contribution in [3.05, 3.63) is 24.3 Å². The SMILES string of the molecule is CCOC(=O)CCN1C(=O)[C@H](CC)Oc2ccccc21. The Kier molecular flexibility index (Phi) is 4.61. The average Bonchev–Trinajstić information content (AvgIpc) is 2.46. The van der Waals surface area contributed by atoms with Crippen LogP contribution in [0.2, 0.25) is 0 Å². The lowest BCUT2D eigenvalue weighted by Gasteiger charge is -2.33. The molecule has 1 aromatic carbocycles. The molecule has 0 aromatic heterocycles. The van der Waals surface area contributed by atoms with Gasteiger partial charge in [-0.05, 0) is 25.5 Å². The molecule has 5 heteroatoms. The smallest absolute Gasteiger partial charge is 0.307 e. The molecule has 0 radical (unpaired) electrons. The van der Waals surface area contributed by atoms with Crippen LogP contribution in [-0.4, -0.2) is 31.1 Å². The number of hydrogen-bond donors (Lipinski definition) is 0. The van der Waals surface area contributed by atoms with Crippen LogP contribution in [-0.2, 0) is 14.3 Å². The Bertz CT molecular complexity index is 500. The van der Waals surface area contributed by atoms with Crippen molar-refractivity contribution < 1.29 is 19.1 Å². The first kappa shape index (κ1) is 14.4. The molecule has 0 spiro atoms. The molecule has 0 N–H and O–H groups in total. The van der Waals surface area contributed by atoms with Gasteiger partial charge in [0.15, 0.2) is 6.10 Å². The zero-order valence-corrected chi connectivity index (χ0v) is 11.8. The molecule has 108 valence electrons. The minimum Gasteiger partial charge on any atom is -0.478 e. The van der Waals surface area contributed by atoms with Crippen molar-refractivity contribution in [1.82, 2.24) is 0 Å². The van der Waals surface area contributed by atoms with Crippen molar-refractivity contribution >= 4 is 17.6 Å².